The summed E-state index contributed by atoms with van der Waals surface area (Å²) in [6, 6.07) is 0.758. The normalized spacial score (nSPS) is 28.3. The molecule has 1 fully saturated rings. The minimum absolute atomic E-state index is 0.758. The maximum atomic E-state index is 3.50. The Hall–Kier alpha value is -0.0800. The van der Waals surface area contributed by atoms with Crippen LogP contribution in [0, 0.1) is 11.8 Å². The molecule has 0 aromatic heterocycles. The summed E-state index contributed by atoms with van der Waals surface area (Å²) < 4.78 is 0. The molecule has 96 valence electrons. The van der Waals surface area contributed by atoms with Crippen LogP contribution in [0.25, 0.3) is 0 Å². The van der Waals surface area contributed by atoms with Gasteiger partial charge in [-0.1, -0.05) is 33.1 Å². The molecule has 3 unspecified atom stereocenters. The van der Waals surface area contributed by atoms with Gasteiger partial charge in [0.1, 0.15) is 0 Å². The van der Waals surface area contributed by atoms with Crippen molar-refractivity contribution in [1.82, 2.24) is 10.2 Å². The Labute approximate surface area is 102 Å². The van der Waals surface area contributed by atoms with Crippen LogP contribution in [0.1, 0.15) is 46.0 Å². The third kappa shape index (κ3) is 4.42. The summed E-state index contributed by atoms with van der Waals surface area (Å²) in [4.78, 5) is 2.54. The molecule has 1 saturated carbocycles. The van der Waals surface area contributed by atoms with Gasteiger partial charge in [0.2, 0.25) is 0 Å². The molecule has 0 heterocycles. The van der Waals surface area contributed by atoms with E-state index in [4.69, 9.17) is 0 Å². The standard InChI is InChI=1S/C14H30N2/c1-5-12(2)10-16(4)11-13-8-6-7-9-14(13)15-3/h12-15H,5-11H2,1-4H3. The van der Waals surface area contributed by atoms with Gasteiger partial charge >= 0.3 is 0 Å². The molecular weight excluding hydrogens is 196 g/mol. The highest BCUT2D eigenvalue weighted by molar-refractivity contribution is 4.81. The van der Waals surface area contributed by atoms with E-state index >= 15 is 0 Å². The lowest BCUT2D eigenvalue weighted by Crippen LogP contribution is -2.42. The van der Waals surface area contributed by atoms with Gasteiger partial charge in [-0.05, 0) is 38.8 Å². The largest absolute Gasteiger partial charge is 0.317 e. The Balaban J connectivity index is 2.32. The van der Waals surface area contributed by atoms with Crippen molar-refractivity contribution in [2.75, 3.05) is 27.2 Å². The van der Waals surface area contributed by atoms with E-state index in [1.54, 1.807) is 0 Å². The van der Waals surface area contributed by atoms with Gasteiger partial charge in [-0.3, -0.25) is 0 Å². The van der Waals surface area contributed by atoms with Crippen molar-refractivity contribution in [2.24, 2.45) is 11.8 Å². The third-order valence-corrected chi connectivity index (χ3v) is 4.15. The highest BCUT2D eigenvalue weighted by atomic mass is 15.1. The number of hydrogen-bond acceptors (Lipinski definition) is 2. The molecule has 0 spiro atoms. The van der Waals surface area contributed by atoms with Crippen LogP contribution in [0.2, 0.25) is 0 Å². The lowest BCUT2D eigenvalue weighted by atomic mass is 9.84. The molecule has 1 aliphatic carbocycles. The highest BCUT2D eigenvalue weighted by Gasteiger charge is 2.24. The molecule has 0 amide bonds. The zero-order valence-electron chi connectivity index (χ0n) is 11.6. The average Bonchev–Trinajstić information content (AvgIpc) is 2.29. The molecule has 0 bridgehead atoms. The van der Waals surface area contributed by atoms with Crippen molar-refractivity contribution in [3.63, 3.8) is 0 Å². The fourth-order valence-corrected chi connectivity index (χ4v) is 2.94. The van der Waals surface area contributed by atoms with E-state index in [1.165, 1.54) is 45.2 Å². The quantitative estimate of drug-likeness (QED) is 0.749. The van der Waals surface area contributed by atoms with E-state index in [9.17, 15) is 0 Å². The molecule has 16 heavy (non-hydrogen) atoms. The summed E-state index contributed by atoms with van der Waals surface area (Å²) in [5, 5.41) is 3.50. The summed E-state index contributed by atoms with van der Waals surface area (Å²) in [5.74, 6) is 1.70. The number of nitrogens with one attached hydrogen (secondary N) is 1. The first kappa shape index (κ1) is 14.0. The van der Waals surface area contributed by atoms with Gasteiger partial charge in [0.25, 0.3) is 0 Å². The van der Waals surface area contributed by atoms with Crippen LogP contribution in [0.3, 0.4) is 0 Å². The van der Waals surface area contributed by atoms with Gasteiger partial charge in [0.05, 0.1) is 0 Å². The molecule has 2 nitrogen and oxygen atoms in total. The van der Waals surface area contributed by atoms with Crippen molar-refractivity contribution >= 4 is 0 Å². The van der Waals surface area contributed by atoms with Gasteiger partial charge in [0, 0.05) is 19.1 Å². The van der Waals surface area contributed by atoms with Crippen LogP contribution < -0.4 is 5.32 Å². The molecule has 2 heteroatoms. The van der Waals surface area contributed by atoms with Crippen LogP contribution >= 0.6 is 0 Å². The first-order valence-electron chi connectivity index (χ1n) is 7.03. The zero-order chi connectivity index (χ0) is 12.0. The van der Waals surface area contributed by atoms with E-state index in [0.717, 1.165) is 17.9 Å². The first-order chi connectivity index (χ1) is 7.67. The molecule has 1 rings (SSSR count). The molecule has 0 aromatic rings. The van der Waals surface area contributed by atoms with Gasteiger partial charge < -0.3 is 10.2 Å². The second kappa shape index (κ2) is 7.29. The number of hydrogen-bond donors (Lipinski definition) is 1. The lowest BCUT2D eigenvalue weighted by Gasteiger charge is -2.34. The van der Waals surface area contributed by atoms with E-state index in [-0.39, 0.29) is 0 Å². The lowest BCUT2D eigenvalue weighted by molar-refractivity contribution is 0.180. The Morgan fingerprint density at radius 2 is 2.00 bits per heavy atom. The fraction of sp³-hybridized carbons (Fsp3) is 1.00. The maximum absolute atomic E-state index is 3.50. The van der Waals surface area contributed by atoms with Crippen LogP contribution in [0.5, 0.6) is 0 Å². The van der Waals surface area contributed by atoms with Crippen LogP contribution in [-0.4, -0.2) is 38.1 Å². The predicted molar refractivity (Wildman–Crippen MR) is 71.8 cm³/mol. The van der Waals surface area contributed by atoms with E-state index in [2.05, 4.69) is 38.2 Å². The van der Waals surface area contributed by atoms with Crippen molar-refractivity contribution in [3.8, 4) is 0 Å². The van der Waals surface area contributed by atoms with Crippen molar-refractivity contribution < 1.29 is 0 Å². The summed E-state index contributed by atoms with van der Waals surface area (Å²) in [7, 11) is 4.41. The second-order valence-electron chi connectivity index (χ2n) is 5.67. The minimum Gasteiger partial charge on any atom is -0.317 e. The van der Waals surface area contributed by atoms with Crippen LogP contribution in [0.4, 0.5) is 0 Å². The van der Waals surface area contributed by atoms with Crippen molar-refractivity contribution in [3.05, 3.63) is 0 Å². The van der Waals surface area contributed by atoms with Crippen molar-refractivity contribution in [2.45, 2.75) is 52.0 Å². The predicted octanol–water partition coefficient (Wildman–Crippen LogP) is 2.74. The van der Waals surface area contributed by atoms with Crippen LogP contribution in [-0.2, 0) is 0 Å². The van der Waals surface area contributed by atoms with Gasteiger partial charge in [0.15, 0.2) is 0 Å². The van der Waals surface area contributed by atoms with Gasteiger partial charge in [-0.25, -0.2) is 0 Å². The summed E-state index contributed by atoms with van der Waals surface area (Å²) in [6.07, 6.45) is 6.93. The summed E-state index contributed by atoms with van der Waals surface area (Å²) >= 11 is 0. The molecule has 1 aliphatic rings. The van der Waals surface area contributed by atoms with Crippen LogP contribution in [0.15, 0.2) is 0 Å². The number of rotatable bonds is 6. The van der Waals surface area contributed by atoms with Gasteiger partial charge in [-0.15, -0.1) is 0 Å². The van der Waals surface area contributed by atoms with E-state index in [0.29, 0.717) is 0 Å². The topological polar surface area (TPSA) is 15.3 Å². The Morgan fingerprint density at radius 3 is 2.62 bits per heavy atom. The molecule has 0 saturated heterocycles. The maximum Gasteiger partial charge on any atom is 0.0104 e. The smallest absolute Gasteiger partial charge is 0.0104 e. The number of nitrogens with zero attached hydrogens (tertiary/aromatic N) is 1. The average molecular weight is 226 g/mol. The monoisotopic (exact) mass is 226 g/mol. The third-order valence-electron chi connectivity index (χ3n) is 4.15. The molecule has 0 radical (unpaired) electrons. The van der Waals surface area contributed by atoms with E-state index < -0.39 is 0 Å². The Morgan fingerprint density at radius 1 is 1.31 bits per heavy atom. The Kier molecular flexibility index (Phi) is 6.37. The minimum atomic E-state index is 0.758. The van der Waals surface area contributed by atoms with E-state index in [1.807, 2.05) is 0 Å². The second-order valence-corrected chi connectivity index (χ2v) is 5.67. The Bertz CT molecular complexity index is 182. The fourth-order valence-electron chi connectivity index (χ4n) is 2.94. The molecule has 3 atom stereocenters. The molecule has 0 aliphatic heterocycles. The zero-order valence-corrected chi connectivity index (χ0v) is 11.6. The SMILES string of the molecule is CCC(C)CN(C)CC1CCCCC1NC. The van der Waals surface area contributed by atoms with Gasteiger partial charge in [-0.2, -0.15) is 0 Å². The highest BCUT2D eigenvalue weighted by Crippen LogP contribution is 2.25. The van der Waals surface area contributed by atoms with Crippen molar-refractivity contribution in [1.29, 1.82) is 0 Å². The first-order valence-corrected chi connectivity index (χ1v) is 7.03. The summed E-state index contributed by atoms with van der Waals surface area (Å²) in [6.45, 7) is 7.17. The molecule has 0 aromatic carbocycles. The summed E-state index contributed by atoms with van der Waals surface area (Å²) in [5.41, 5.74) is 0. The molecule has 1 N–H and O–H groups in total. The molecular formula is C14H30N2.